The van der Waals surface area contributed by atoms with Gasteiger partial charge in [0.2, 0.25) is 0 Å². The first-order valence-corrected chi connectivity index (χ1v) is 6.22. The van der Waals surface area contributed by atoms with Crippen LogP contribution in [0.3, 0.4) is 0 Å². The Kier molecular flexibility index (Phi) is 4.04. The van der Waals surface area contributed by atoms with Gasteiger partial charge in [0.25, 0.3) is 0 Å². The van der Waals surface area contributed by atoms with Gasteiger partial charge in [-0.2, -0.15) is 0 Å². The van der Waals surface area contributed by atoms with Crippen molar-refractivity contribution in [3.63, 3.8) is 0 Å². The fraction of sp³-hybridized carbons (Fsp3) is 0.250. The summed E-state index contributed by atoms with van der Waals surface area (Å²) in [5.74, 6) is -1.30. The van der Waals surface area contributed by atoms with E-state index < -0.39 is 17.7 Å². The van der Waals surface area contributed by atoms with E-state index in [0.29, 0.717) is 11.3 Å². The van der Waals surface area contributed by atoms with Crippen molar-refractivity contribution in [2.24, 2.45) is 0 Å². The van der Waals surface area contributed by atoms with Crippen LogP contribution in [0.4, 0.5) is 8.78 Å². The number of benzene rings is 2. The second-order valence-electron chi connectivity index (χ2n) is 4.72. The molecule has 0 aromatic heterocycles. The van der Waals surface area contributed by atoms with Crippen molar-refractivity contribution >= 4 is 0 Å². The summed E-state index contributed by atoms with van der Waals surface area (Å²) in [6, 6.07) is 7.27. The molecule has 0 saturated heterocycles. The highest BCUT2D eigenvalue weighted by molar-refractivity contribution is 5.45. The Labute approximate surface area is 116 Å². The van der Waals surface area contributed by atoms with Gasteiger partial charge in [0.05, 0.1) is 7.11 Å². The van der Waals surface area contributed by atoms with Crippen LogP contribution in [-0.2, 0) is 0 Å². The molecule has 0 heterocycles. The van der Waals surface area contributed by atoms with Crippen LogP contribution < -0.4 is 4.74 Å². The van der Waals surface area contributed by atoms with Gasteiger partial charge in [-0.1, -0.05) is 12.1 Å². The Bertz CT molecular complexity index is 639. The molecular weight excluding hydrogens is 262 g/mol. The quantitative estimate of drug-likeness (QED) is 0.928. The standard InChI is InChI=1S/C16H16F2O2/c1-9-8-14(20-3)10(2)7-12(9)16(19)11-5-4-6-13(17)15(11)18/h4-8,16,19H,1-3H3. The van der Waals surface area contributed by atoms with Crippen LogP contribution in [0.5, 0.6) is 5.75 Å². The minimum Gasteiger partial charge on any atom is -0.496 e. The first-order valence-electron chi connectivity index (χ1n) is 6.22. The molecule has 2 aromatic rings. The molecule has 0 saturated carbocycles. The predicted octanol–water partition coefficient (Wildman–Crippen LogP) is 3.67. The molecule has 0 radical (unpaired) electrons. The molecule has 1 unspecified atom stereocenters. The van der Waals surface area contributed by atoms with E-state index in [9.17, 15) is 13.9 Å². The van der Waals surface area contributed by atoms with E-state index in [1.165, 1.54) is 12.1 Å². The molecule has 0 bridgehead atoms. The van der Waals surface area contributed by atoms with Gasteiger partial charge >= 0.3 is 0 Å². The number of halogens is 2. The molecular formula is C16H16F2O2. The van der Waals surface area contributed by atoms with Crippen molar-refractivity contribution in [1.29, 1.82) is 0 Å². The van der Waals surface area contributed by atoms with Crippen molar-refractivity contribution in [2.75, 3.05) is 7.11 Å². The third-order valence-corrected chi connectivity index (χ3v) is 3.35. The van der Waals surface area contributed by atoms with Gasteiger partial charge in [0.15, 0.2) is 11.6 Å². The molecule has 0 amide bonds. The fourth-order valence-electron chi connectivity index (χ4n) is 2.23. The SMILES string of the molecule is COc1cc(C)c(C(O)c2cccc(F)c2F)cc1C. The average Bonchev–Trinajstić information content (AvgIpc) is 2.43. The maximum atomic E-state index is 13.8. The molecule has 2 nitrogen and oxygen atoms in total. The fourth-order valence-corrected chi connectivity index (χ4v) is 2.23. The minimum absolute atomic E-state index is 0.0716. The van der Waals surface area contributed by atoms with E-state index in [4.69, 9.17) is 4.74 Å². The van der Waals surface area contributed by atoms with Crippen LogP contribution in [0, 0.1) is 25.5 Å². The highest BCUT2D eigenvalue weighted by Gasteiger charge is 2.20. The highest BCUT2D eigenvalue weighted by atomic mass is 19.2. The molecule has 4 heteroatoms. The van der Waals surface area contributed by atoms with Gasteiger partial charge in [-0.05, 0) is 48.7 Å². The molecule has 0 spiro atoms. The van der Waals surface area contributed by atoms with Gasteiger partial charge in [-0.3, -0.25) is 0 Å². The van der Waals surface area contributed by atoms with Crippen molar-refractivity contribution in [2.45, 2.75) is 20.0 Å². The smallest absolute Gasteiger partial charge is 0.164 e. The molecule has 2 rings (SSSR count). The zero-order valence-electron chi connectivity index (χ0n) is 11.6. The van der Waals surface area contributed by atoms with Crippen LogP contribution in [0.1, 0.15) is 28.4 Å². The summed E-state index contributed by atoms with van der Waals surface area (Å²) in [5.41, 5.74) is 2.04. The van der Waals surface area contributed by atoms with Gasteiger partial charge in [-0.25, -0.2) is 8.78 Å². The summed E-state index contributed by atoms with van der Waals surface area (Å²) in [5, 5.41) is 10.3. The summed E-state index contributed by atoms with van der Waals surface area (Å²) in [7, 11) is 1.56. The maximum Gasteiger partial charge on any atom is 0.164 e. The van der Waals surface area contributed by atoms with E-state index in [1.54, 1.807) is 26.2 Å². The number of aryl methyl sites for hydroxylation is 2. The number of rotatable bonds is 3. The molecule has 0 aliphatic heterocycles. The van der Waals surface area contributed by atoms with E-state index in [0.717, 1.165) is 17.2 Å². The lowest BCUT2D eigenvalue weighted by Crippen LogP contribution is -2.07. The van der Waals surface area contributed by atoms with Crippen LogP contribution in [0.2, 0.25) is 0 Å². The second-order valence-corrected chi connectivity index (χ2v) is 4.72. The van der Waals surface area contributed by atoms with Crippen LogP contribution in [0.25, 0.3) is 0 Å². The van der Waals surface area contributed by atoms with Gasteiger partial charge in [0.1, 0.15) is 11.9 Å². The van der Waals surface area contributed by atoms with Gasteiger partial charge < -0.3 is 9.84 Å². The normalized spacial score (nSPS) is 12.3. The molecule has 1 atom stereocenters. The molecule has 0 aliphatic rings. The van der Waals surface area contributed by atoms with Crippen molar-refractivity contribution in [1.82, 2.24) is 0 Å². The van der Waals surface area contributed by atoms with E-state index >= 15 is 0 Å². The zero-order chi connectivity index (χ0) is 14.9. The molecule has 2 aromatic carbocycles. The Balaban J connectivity index is 2.51. The molecule has 106 valence electrons. The van der Waals surface area contributed by atoms with Crippen molar-refractivity contribution in [3.8, 4) is 5.75 Å². The highest BCUT2D eigenvalue weighted by Crippen LogP contribution is 2.31. The number of hydrogen-bond donors (Lipinski definition) is 1. The summed E-state index contributed by atoms with van der Waals surface area (Å²) in [4.78, 5) is 0. The Morgan fingerprint density at radius 2 is 1.75 bits per heavy atom. The van der Waals surface area contributed by atoms with Crippen molar-refractivity contribution in [3.05, 3.63) is 64.2 Å². The first-order chi connectivity index (χ1) is 9.45. The third kappa shape index (κ3) is 2.51. The number of ether oxygens (including phenoxy) is 1. The lowest BCUT2D eigenvalue weighted by atomic mass is 9.95. The third-order valence-electron chi connectivity index (χ3n) is 3.35. The van der Waals surface area contributed by atoms with E-state index in [2.05, 4.69) is 0 Å². The Hall–Kier alpha value is -1.94. The summed E-state index contributed by atoms with van der Waals surface area (Å²) in [6.45, 7) is 3.62. The summed E-state index contributed by atoms with van der Waals surface area (Å²) in [6.07, 6.45) is -1.21. The molecule has 0 fully saturated rings. The second kappa shape index (κ2) is 5.59. The van der Waals surface area contributed by atoms with E-state index in [-0.39, 0.29) is 5.56 Å². The number of methoxy groups -OCH3 is 1. The van der Waals surface area contributed by atoms with Crippen LogP contribution >= 0.6 is 0 Å². The molecule has 20 heavy (non-hydrogen) atoms. The lowest BCUT2D eigenvalue weighted by molar-refractivity contribution is 0.212. The van der Waals surface area contributed by atoms with Crippen molar-refractivity contribution < 1.29 is 18.6 Å². The average molecular weight is 278 g/mol. The van der Waals surface area contributed by atoms with Crippen LogP contribution in [0.15, 0.2) is 30.3 Å². The van der Waals surface area contributed by atoms with E-state index in [1.807, 2.05) is 6.92 Å². The summed E-state index contributed by atoms with van der Waals surface area (Å²) < 4.78 is 32.2. The van der Waals surface area contributed by atoms with Gasteiger partial charge in [0, 0.05) is 5.56 Å². The largest absolute Gasteiger partial charge is 0.496 e. The Morgan fingerprint density at radius 1 is 1.05 bits per heavy atom. The zero-order valence-corrected chi connectivity index (χ0v) is 11.6. The number of hydrogen-bond acceptors (Lipinski definition) is 2. The lowest BCUT2D eigenvalue weighted by Gasteiger charge is -2.17. The molecule has 1 N–H and O–H groups in total. The molecule has 0 aliphatic carbocycles. The van der Waals surface area contributed by atoms with Gasteiger partial charge in [-0.15, -0.1) is 0 Å². The first kappa shape index (κ1) is 14.5. The number of aliphatic hydroxyl groups is 1. The monoisotopic (exact) mass is 278 g/mol. The summed E-state index contributed by atoms with van der Waals surface area (Å²) >= 11 is 0. The van der Waals surface area contributed by atoms with Crippen LogP contribution in [-0.4, -0.2) is 12.2 Å². The number of aliphatic hydroxyl groups excluding tert-OH is 1. The topological polar surface area (TPSA) is 29.5 Å². The predicted molar refractivity (Wildman–Crippen MR) is 72.9 cm³/mol. The maximum absolute atomic E-state index is 13.8. The Morgan fingerprint density at radius 3 is 2.40 bits per heavy atom. The minimum atomic E-state index is -1.21.